The minimum Gasteiger partial charge on any atom is -0.481 e. The molecule has 2 heterocycles. The van der Waals surface area contributed by atoms with Gasteiger partial charge in [-0.3, -0.25) is 9.69 Å². The highest BCUT2D eigenvalue weighted by Gasteiger charge is 2.22. The lowest BCUT2D eigenvalue weighted by Gasteiger charge is -2.15. The van der Waals surface area contributed by atoms with Gasteiger partial charge in [0.1, 0.15) is 11.8 Å². The van der Waals surface area contributed by atoms with E-state index in [4.69, 9.17) is 10.4 Å². The second-order valence-electron chi connectivity index (χ2n) is 4.98. The van der Waals surface area contributed by atoms with Crippen LogP contribution in [0.2, 0.25) is 0 Å². The summed E-state index contributed by atoms with van der Waals surface area (Å²) in [6, 6.07) is 5.77. The summed E-state index contributed by atoms with van der Waals surface area (Å²) < 4.78 is 0. The molecule has 0 amide bonds. The van der Waals surface area contributed by atoms with Crippen molar-refractivity contribution in [2.75, 3.05) is 13.1 Å². The summed E-state index contributed by atoms with van der Waals surface area (Å²) in [4.78, 5) is 16.8. The number of nitrogens with zero attached hydrogens (tertiary/aromatic N) is 3. The van der Waals surface area contributed by atoms with Crippen LogP contribution in [-0.2, 0) is 11.3 Å². The molecule has 100 valence electrons. The topological polar surface area (TPSA) is 77.2 Å². The van der Waals surface area contributed by atoms with Crippen molar-refractivity contribution in [1.82, 2.24) is 9.88 Å². The largest absolute Gasteiger partial charge is 0.481 e. The third-order valence-electron chi connectivity index (χ3n) is 3.48. The number of nitriles is 1. The number of aliphatic carboxylic acids is 1. The third-order valence-corrected chi connectivity index (χ3v) is 3.48. The number of carbonyl (C=O) groups is 1. The van der Waals surface area contributed by atoms with E-state index in [2.05, 4.69) is 9.88 Å². The Hall–Kier alpha value is -1.93. The van der Waals surface area contributed by atoms with Gasteiger partial charge < -0.3 is 5.11 Å². The van der Waals surface area contributed by atoms with Crippen LogP contribution in [-0.4, -0.2) is 34.0 Å². The van der Waals surface area contributed by atoms with E-state index in [0.717, 1.165) is 38.0 Å². The lowest BCUT2D eigenvalue weighted by Crippen LogP contribution is -2.20. The molecular weight excluding hydrogens is 242 g/mol. The van der Waals surface area contributed by atoms with Gasteiger partial charge in [0.15, 0.2) is 0 Å². The molecule has 0 spiro atoms. The zero-order valence-electron chi connectivity index (χ0n) is 10.7. The van der Waals surface area contributed by atoms with Crippen LogP contribution in [0, 0.1) is 17.2 Å². The van der Waals surface area contributed by atoms with Gasteiger partial charge in [-0.2, -0.15) is 5.26 Å². The predicted molar refractivity (Wildman–Crippen MR) is 69.2 cm³/mol. The van der Waals surface area contributed by atoms with E-state index in [9.17, 15) is 4.79 Å². The number of carboxylic acid groups (broad SMARTS) is 1. The molecule has 0 aliphatic carbocycles. The first kappa shape index (κ1) is 13.5. The highest BCUT2D eigenvalue weighted by molar-refractivity contribution is 5.66. The monoisotopic (exact) mass is 259 g/mol. The minimum absolute atomic E-state index is 0.256. The Morgan fingerprint density at radius 3 is 3.21 bits per heavy atom. The average molecular weight is 259 g/mol. The Bertz CT molecular complexity index is 496. The molecule has 5 nitrogen and oxygen atoms in total. The summed E-state index contributed by atoms with van der Waals surface area (Å²) in [7, 11) is 0. The van der Waals surface area contributed by atoms with Gasteiger partial charge in [0.25, 0.3) is 0 Å². The molecule has 1 aromatic rings. The normalized spacial score (nSPS) is 19.2. The van der Waals surface area contributed by atoms with Crippen molar-refractivity contribution in [3.63, 3.8) is 0 Å². The van der Waals surface area contributed by atoms with E-state index in [0.29, 0.717) is 11.6 Å². The van der Waals surface area contributed by atoms with E-state index in [-0.39, 0.29) is 6.42 Å². The fourth-order valence-electron chi connectivity index (χ4n) is 2.51. The van der Waals surface area contributed by atoms with Crippen molar-refractivity contribution in [3.05, 3.63) is 29.6 Å². The van der Waals surface area contributed by atoms with Crippen LogP contribution in [0.1, 0.15) is 30.5 Å². The van der Waals surface area contributed by atoms with Crippen LogP contribution < -0.4 is 0 Å². The molecular formula is C14H17N3O2. The van der Waals surface area contributed by atoms with Crippen molar-refractivity contribution in [2.24, 2.45) is 5.92 Å². The third kappa shape index (κ3) is 4.04. The summed E-state index contributed by atoms with van der Waals surface area (Å²) in [5, 5.41) is 17.5. The zero-order chi connectivity index (χ0) is 13.7. The SMILES string of the molecule is N#Cc1cc(CN2CCC(CCC(=O)O)C2)ccn1. The lowest BCUT2D eigenvalue weighted by molar-refractivity contribution is -0.137. The van der Waals surface area contributed by atoms with Gasteiger partial charge in [-0.05, 0) is 43.0 Å². The van der Waals surface area contributed by atoms with Gasteiger partial charge in [-0.1, -0.05) is 0 Å². The Labute approximate surface area is 112 Å². The van der Waals surface area contributed by atoms with Crippen LogP contribution in [0.15, 0.2) is 18.3 Å². The number of likely N-dealkylation sites (tertiary alicyclic amines) is 1. The van der Waals surface area contributed by atoms with Crippen molar-refractivity contribution in [3.8, 4) is 6.07 Å². The summed E-state index contributed by atoms with van der Waals surface area (Å²) in [6.07, 6.45) is 3.73. The summed E-state index contributed by atoms with van der Waals surface area (Å²) in [6.45, 7) is 2.74. The number of hydrogen-bond acceptors (Lipinski definition) is 4. The number of carboxylic acids is 1. The van der Waals surface area contributed by atoms with Crippen LogP contribution in [0.25, 0.3) is 0 Å². The highest BCUT2D eigenvalue weighted by Crippen LogP contribution is 2.22. The number of hydrogen-bond donors (Lipinski definition) is 1. The number of aromatic nitrogens is 1. The number of pyridine rings is 1. The predicted octanol–water partition coefficient (Wildman–Crippen LogP) is 1.64. The fourth-order valence-corrected chi connectivity index (χ4v) is 2.51. The van der Waals surface area contributed by atoms with Gasteiger partial charge in [-0.25, -0.2) is 4.98 Å². The van der Waals surface area contributed by atoms with Gasteiger partial charge >= 0.3 is 5.97 Å². The molecule has 0 radical (unpaired) electrons. The molecule has 1 saturated heterocycles. The first-order valence-electron chi connectivity index (χ1n) is 6.46. The van der Waals surface area contributed by atoms with E-state index in [1.54, 1.807) is 6.20 Å². The van der Waals surface area contributed by atoms with E-state index >= 15 is 0 Å². The van der Waals surface area contributed by atoms with Crippen molar-refractivity contribution >= 4 is 5.97 Å². The smallest absolute Gasteiger partial charge is 0.303 e. The van der Waals surface area contributed by atoms with E-state index in [1.807, 2.05) is 18.2 Å². The van der Waals surface area contributed by atoms with Crippen molar-refractivity contribution < 1.29 is 9.90 Å². The molecule has 1 N–H and O–H groups in total. The standard InChI is InChI=1S/C14H17N3O2/c15-8-13-7-12(3-5-16-13)10-17-6-4-11(9-17)1-2-14(18)19/h3,5,7,11H,1-2,4,6,9-10H2,(H,18,19). The summed E-state index contributed by atoms with van der Waals surface area (Å²) in [5.41, 5.74) is 1.53. The summed E-state index contributed by atoms with van der Waals surface area (Å²) in [5.74, 6) is -0.236. The molecule has 0 saturated carbocycles. The average Bonchev–Trinajstić information content (AvgIpc) is 2.84. The van der Waals surface area contributed by atoms with Crippen LogP contribution in [0.4, 0.5) is 0 Å². The van der Waals surface area contributed by atoms with E-state index < -0.39 is 5.97 Å². The Morgan fingerprint density at radius 1 is 1.63 bits per heavy atom. The second kappa shape index (κ2) is 6.30. The molecule has 1 aliphatic heterocycles. The minimum atomic E-state index is -0.716. The van der Waals surface area contributed by atoms with Crippen LogP contribution >= 0.6 is 0 Å². The van der Waals surface area contributed by atoms with Crippen molar-refractivity contribution in [2.45, 2.75) is 25.8 Å². The summed E-state index contributed by atoms with van der Waals surface area (Å²) >= 11 is 0. The lowest BCUT2D eigenvalue weighted by atomic mass is 10.0. The van der Waals surface area contributed by atoms with Gasteiger partial charge in [0, 0.05) is 25.7 Å². The highest BCUT2D eigenvalue weighted by atomic mass is 16.4. The number of rotatable bonds is 5. The van der Waals surface area contributed by atoms with E-state index in [1.165, 1.54) is 0 Å². The molecule has 1 fully saturated rings. The van der Waals surface area contributed by atoms with Crippen LogP contribution in [0.3, 0.4) is 0 Å². The first-order valence-corrected chi connectivity index (χ1v) is 6.46. The fraction of sp³-hybridized carbons (Fsp3) is 0.500. The van der Waals surface area contributed by atoms with Gasteiger partial charge in [0.05, 0.1) is 0 Å². The molecule has 1 aromatic heterocycles. The maximum Gasteiger partial charge on any atom is 0.303 e. The van der Waals surface area contributed by atoms with Gasteiger partial charge in [-0.15, -0.1) is 0 Å². The van der Waals surface area contributed by atoms with Gasteiger partial charge in [0.2, 0.25) is 0 Å². The molecule has 0 bridgehead atoms. The molecule has 1 unspecified atom stereocenters. The Morgan fingerprint density at radius 2 is 2.47 bits per heavy atom. The molecule has 2 rings (SSSR count). The maximum atomic E-state index is 10.5. The molecule has 19 heavy (non-hydrogen) atoms. The Kier molecular flexibility index (Phi) is 4.48. The molecule has 5 heteroatoms. The first-order chi connectivity index (χ1) is 9.17. The quantitative estimate of drug-likeness (QED) is 0.869. The molecule has 1 aliphatic rings. The van der Waals surface area contributed by atoms with Crippen molar-refractivity contribution in [1.29, 1.82) is 5.26 Å². The molecule has 1 atom stereocenters. The Balaban J connectivity index is 1.84. The maximum absolute atomic E-state index is 10.5. The van der Waals surface area contributed by atoms with Crippen LogP contribution in [0.5, 0.6) is 0 Å². The molecule has 0 aromatic carbocycles. The zero-order valence-corrected chi connectivity index (χ0v) is 10.7. The second-order valence-corrected chi connectivity index (χ2v) is 4.98.